The summed E-state index contributed by atoms with van der Waals surface area (Å²) >= 11 is 8.70. The van der Waals surface area contributed by atoms with Gasteiger partial charge in [-0.05, 0) is 31.2 Å². The van der Waals surface area contributed by atoms with Crippen LogP contribution in [0.25, 0.3) is 0 Å². The number of aryl methyl sites for hydroxylation is 1. The van der Waals surface area contributed by atoms with E-state index in [1.807, 2.05) is 6.92 Å². The van der Waals surface area contributed by atoms with E-state index >= 15 is 0 Å². The van der Waals surface area contributed by atoms with Crippen molar-refractivity contribution in [1.29, 1.82) is 0 Å². The Kier molecular flexibility index (Phi) is 6.16. The third-order valence-electron chi connectivity index (χ3n) is 3.80. The number of hydrogen-bond acceptors (Lipinski definition) is 7. The number of piperidine rings is 1. The molecule has 0 radical (unpaired) electrons. The third-order valence-corrected chi connectivity index (χ3v) is 6.01. The van der Waals surface area contributed by atoms with Crippen LogP contribution >= 0.6 is 34.7 Å². The summed E-state index contributed by atoms with van der Waals surface area (Å²) in [5.41, 5.74) is 0. The van der Waals surface area contributed by atoms with Crippen LogP contribution in [0.2, 0.25) is 5.02 Å². The first kappa shape index (κ1) is 18.4. The van der Waals surface area contributed by atoms with Crippen molar-refractivity contribution in [3.63, 3.8) is 0 Å². The summed E-state index contributed by atoms with van der Waals surface area (Å²) in [6, 6.07) is 7.03. The summed E-state index contributed by atoms with van der Waals surface area (Å²) in [6.07, 6.45) is -0.469. The third kappa shape index (κ3) is 5.07. The lowest BCUT2D eigenvalue weighted by molar-refractivity contribution is -0.134. The number of nitrogens with zero attached hydrogens (tertiary/aromatic N) is 3. The predicted molar refractivity (Wildman–Crippen MR) is 98.4 cm³/mol. The SMILES string of the molecule is Cc1nnc(SCC(=O)N2CC[C@@H](Oc3ccc(Cl)cc3)[C@H](O)C2)s1. The molecule has 1 aromatic heterocycles. The Morgan fingerprint density at radius 1 is 1.44 bits per heavy atom. The van der Waals surface area contributed by atoms with E-state index in [0.717, 1.165) is 9.35 Å². The Labute approximate surface area is 159 Å². The van der Waals surface area contributed by atoms with Crippen LogP contribution in [0.4, 0.5) is 0 Å². The molecule has 6 nitrogen and oxygen atoms in total. The minimum absolute atomic E-state index is 0.0122. The molecule has 0 bridgehead atoms. The van der Waals surface area contributed by atoms with Gasteiger partial charge in [-0.25, -0.2) is 0 Å². The van der Waals surface area contributed by atoms with E-state index in [2.05, 4.69) is 10.2 Å². The van der Waals surface area contributed by atoms with Gasteiger partial charge in [-0.2, -0.15) is 0 Å². The van der Waals surface area contributed by atoms with Crippen molar-refractivity contribution in [2.24, 2.45) is 0 Å². The quantitative estimate of drug-likeness (QED) is 0.779. The highest BCUT2D eigenvalue weighted by molar-refractivity contribution is 8.01. The van der Waals surface area contributed by atoms with Crippen LogP contribution in [0.5, 0.6) is 5.75 Å². The lowest BCUT2D eigenvalue weighted by Gasteiger charge is -2.35. The number of aromatic nitrogens is 2. The smallest absolute Gasteiger partial charge is 0.233 e. The number of halogens is 1. The fourth-order valence-electron chi connectivity index (χ4n) is 2.51. The van der Waals surface area contributed by atoms with E-state index in [9.17, 15) is 9.90 Å². The molecule has 1 fully saturated rings. The van der Waals surface area contributed by atoms with Gasteiger partial charge >= 0.3 is 0 Å². The molecule has 2 aromatic rings. The van der Waals surface area contributed by atoms with Crippen LogP contribution in [0.15, 0.2) is 28.6 Å². The van der Waals surface area contributed by atoms with Gasteiger partial charge < -0.3 is 14.7 Å². The number of amides is 1. The number of benzene rings is 1. The maximum atomic E-state index is 12.3. The van der Waals surface area contributed by atoms with Crippen LogP contribution in [0.1, 0.15) is 11.4 Å². The molecule has 1 N–H and O–H groups in total. The largest absolute Gasteiger partial charge is 0.488 e. The second kappa shape index (κ2) is 8.35. The molecule has 134 valence electrons. The van der Waals surface area contributed by atoms with Gasteiger partial charge in [0.2, 0.25) is 5.91 Å². The number of likely N-dealkylation sites (tertiary alicyclic amines) is 1. The molecule has 0 saturated carbocycles. The number of aliphatic hydroxyl groups is 1. The van der Waals surface area contributed by atoms with Crippen molar-refractivity contribution in [2.45, 2.75) is 29.9 Å². The highest BCUT2D eigenvalue weighted by Gasteiger charge is 2.31. The lowest BCUT2D eigenvalue weighted by atomic mass is 10.0. The highest BCUT2D eigenvalue weighted by atomic mass is 35.5. The first-order valence-electron chi connectivity index (χ1n) is 7.82. The van der Waals surface area contributed by atoms with Gasteiger partial charge in [0.1, 0.15) is 23.0 Å². The van der Waals surface area contributed by atoms with E-state index in [-0.39, 0.29) is 18.6 Å². The standard InChI is InChI=1S/C16H18ClN3O3S2/c1-10-18-19-16(25-10)24-9-15(22)20-7-6-14(13(21)8-20)23-12-4-2-11(17)3-5-12/h2-5,13-14,21H,6-9H2,1H3/t13-,14-/m1/s1. The van der Waals surface area contributed by atoms with Crippen molar-refractivity contribution >= 4 is 40.6 Å². The van der Waals surface area contributed by atoms with Crippen molar-refractivity contribution in [2.75, 3.05) is 18.8 Å². The van der Waals surface area contributed by atoms with Crippen molar-refractivity contribution < 1.29 is 14.6 Å². The topological polar surface area (TPSA) is 75.6 Å². The molecule has 25 heavy (non-hydrogen) atoms. The van der Waals surface area contributed by atoms with Gasteiger partial charge in [0, 0.05) is 18.0 Å². The molecular formula is C16H18ClN3O3S2. The van der Waals surface area contributed by atoms with Gasteiger partial charge in [0.25, 0.3) is 0 Å². The first-order valence-corrected chi connectivity index (χ1v) is 10.0. The fourth-order valence-corrected chi connectivity index (χ4v) is 4.36. The van der Waals surface area contributed by atoms with Crippen molar-refractivity contribution in [1.82, 2.24) is 15.1 Å². The molecule has 1 aromatic carbocycles. The van der Waals surface area contributed by atoms with Gasteiger partial charge in [-0.1, -0.05) is 34.7 Å². The van der Waals surface area contributed by atoms with Crippen LogP contribution in [-0.4, -0.2) is 57.2 Å². The number of ether oxygens (including phenoxy) is 1. The average molecular weight is 400 g/mol. The Balaban J connectivity index is 1.48. The van der Waals surface area contributed by atoms with Crippen LogP contribution < -0.4 is 4.74 Å². The zero-order valence-electron chi connectivity index (χ0n) is 13.6. The summed E-state index contributed by atoms with van der Waals surface area (Å²) in [5.74, 6) is 0.946. The van der Waals surface area contributed by atoms with E-state index in [1.54, 1.807) is 29.2 Å². The van der Waals surface area contributed by atoms with Crippen molar-refractivity contribution in [3.8, 4) is 5.75 Å². The number of hydrogen-bond donors (Lipinski definition) is 1. The Hall–Kier alpha value is -1.35. The molecule has 2 atom stereocenters. The zero-order chi connectivity index (χ0) is 17.8. The number of carbonyl (C=O) groups excluding carboxylic acids is 1. The molecule has 9 heteroatoms. The van der Waals surface area contributed by atoms with E-state index in [1.165, 1.54) is 23.1 Å². The summed E-state index contributed by atoms with van der Waals surface area (Å²) in [4.78, 5) is 14.0. The highest BCUT2D eigenvalue weighted by Crippen LogP contribution is 2.24. The summed E-state index contributed by atoms with van der Waals surface area (Å²) in [7, 11) is 0. The molecule has 1 aliphatic heterocycles. The number of rotatable bonds is 5. The van der Waals surface area contributed by atoms with E-state index < -0.39 is 6.10 Å². The maximum Gasteiger partial charge on any atom is 0.233 e. The van der Waals surface area contributed by atoms with Gasteiger partial charge in [0.05, 0.1) is 12.3 Å². The van der Waals surface area contributed by atoms with Crippen LogP contribution in [-0.2, 0) is 4.79 Å². The summed E-state index contributed by atoms with van der Waals surface area (Å²) < 4.78 is 6.60. The second-order valence-corrected chi connectivity index (χ2v) is 8.52. The predicted octanol–water partition coefficient (Wildman–Crippen LogP) is 2.63. The average Bonchev–Trinajstić information content (AvgIpc) is 3.02. The molecule has 3 rings (SSSR count). The number of aliphatic hydroxyl groups excluding tert-OH is 1. The van der Waals surface area contributed by atoms with Gasteiger partial charge in [0.15, 0.2) is 4.34 Å². The maximum absolute atomic E-state index is 12.3. The molecule has 1 saturated heterocycles. The summed E-state index contributed by atoms with van der Waals surface area (Å²) in [6.45, 7) is 2.71. The van der Waals surface area contributed by atoms with E-state index in [0.29, 0.717) is 29.5 Å². The number of β-amino-alcohol motifs (C(OH)–C–C–N with tert-alkyl or cyclic N) is 1. The molecule has 0 spiro atoms. The van der Waals surface area contributed by atoms with E-state index in [4.69, 9.17) is 16.3 Å². The number of carbonyl (C=O) groups is 1. The van der Waals surface area contributed by atoms with Crippen molar-refractivity contribution in [3.05, 3.63) is 34.3 Å². The molecule has 1 amide bonds. The minimum Gasteiger partial charge on any atom is -0.488 e. The molecule has 0 aliphatic carbocycles. The Morgan fingerprint density at radius 3 is 2.84 bits per heavy atom. The minimum atomic E-state index is -0.720. The zero-order valence-corrected chi connectivity index (χ0v) is 16.0. The van der Waals surface area contributed by atoms with Gasteiger partial charge in [-0.3, -0.25) is 4.79 Å². The lowest BCUT2D eigenvalue weighted by Crippen LogP contribution is -2.51. The molecular weight excluding hydrogens is 382 g/mol. The Bertz CT molecular complexity index is 726. The monoisotopic (exact) mass is 399 g/mol. The number of thioether (sulfide) groups is 1. The summed E-state index contributed by atoms with van der Waals surface area (Å²) in [5, 5.41) is 19.8. The normalized spacial score (nSPS) is 20.5. The molecule has 2 heterocycles. The Morgan fingerprint density at radius 2 is 2.20 bits per heavy atom. The fraction of sp³-hybridized carbons (Fsp3) is 0.438. The molecule has 1 aliphatic rings. The van der Waals surface area contributed by atoms with Crippen LogP contribution in [0, 0.1) is 6.92 Å². The first-order chi connectivity index (χ1) is 12.0. The van der Waals surface area contributed by atoms with Gasteiger partial charge in [-0.15, -0.1) is 10.2 Å². The molecule has 0 unspecified atom stereocenters. The van der Waals surface area contributed by atoms with Crippen LogP contribution in [0.3, 0.4) is 0 Å². The second-order valence-electron chi connectivity index (χ2n) is 5.68.